The lowest BCUT2D eigenvalue weighted by molar-refractivity contribution is 0.301. The van der Waals surface area contributed by atoms with E-state index in [-0.39, 0.29) is 0 Å². The van der Waals surface area contributed by atoms with E-state index in [1.807, 2.05) is 24.3 Å². The molecule has 0 N–H and O–H groups in total. The SMILES string of the molecule is CCC(c1ccccc1)c1cc(Br)ccc1OCc1ccccc1. The van der Waals surface area contributed by atoms with Gasteiger partial charge in [-0.3, -0.25) is 0 Å². The second-order valence-electron chi connectivity index (χ2n) is 5.83. The van der Waals surface area contributed by atoms with Crippen LogP contribution in [0.2, 0.25) is 0 Å². The minimum absolute atomic E-state index is 0.328. The predicted molar refractivity (Wildman–Crippen MR) is 103 cm³/mol. The Kier molecular flexibility index (Phi) is 5.71. The molecule has 0 amide bonds. The van der Waals surface area contributed by atoms with Gasteiger partial charge in [0.2, 0.25) is 0 Å². The molecule has 0 aliphatic heterocycles. The fraction of sp³-hybridized carbons (Fsp3) is 0.182. The maximum absolute atomic E-state index is 6.16. The molecule has 0 spiro atoms. The zero-order chi connectivity index (χ0) is 16.8. The van der Waals surface area contributed by atoms with Gasteiger partial charge in [0.25, 0.3) is 0 Å². The summed E-state index contributed by atoms with van der Waals surface area (Å²) >= 11 is 3.61. The molecule has 24 heavy (non-hydrogen) atoms. The molecule has 0 heterocycles. The van der Waals surface area contributed by atoms with Crippen LogP contribution in [0.1, 0.15) is 36.0 Å². The first kappa shape index (κ1) is 16.8. The highest BCUT2D eigenvalue weighted by Crippen LogP contribution is 2.36. The van der Waals surface area contributed by atoms with Gasteiger partial charge in [0, 0.05) is 16.0 Å². The molecule has 1 unspecified atom stereocenters. The zero-order valence-corrected chi connectivity index (χ0v) is 15.4. The van der Waals surface area contributed by atoms with Gasteiger partial charge in [0.05, 0.1) is 0 Å². The maximum atomic E-state index is 6.16. The smallest absolute Gasteiger partial charge is 0.123 e. The lowest BCUT2D eigenvalue weighted by atomic mass is 9.88. The van der Waals surface area contributed by atoms with Gasteiger partial charge in [-0.1, -0.05) is 83.5 Å². The van der Waals surface area contributed by atoms with Gasteiger partial charge < -0.3 is 4.74 Å². The van der Waals surface area contributed by atoms with Crippen molar-refractivity contribution in [2.45, 2.75) is 25.9 Å². The molecule has 3 rings (SSSR count). The Morgan fingerprint density at radius 3 is 2.21 bits per heavy atom. The first-order valence-electron chi connectivity index (χ1n) is 8.29. The number of ether oxygens (including phenoxy) is 1. The molecular formula is C22H21BrO. The first-order chi connectivity index (χ1) is 11.8. The van der Waals surface area contributed by atoms with Crippen molar-refractivity contribution in [3.8, 4) is 5.75 Å². The van der Waals surface area contributed by atoms with Crippen molar-refractivity contribution in [2.75, 3.05) is 0 Å². The highest BCUT2D eigenvalue weighted by atomic mass is 79.9. The Labute approximate surface area is 152 Å². The third kappa shape index (κ3) is 4.07. The van der Waals surface area contributed by atoms with E-state index in [0.29, 0.717) is 12.5 Å². The largest absolute Gasteiger partial charge is 0.489 e. The van der Waals surface area contributed by atoms with Gasteiger partial charge in [-0.2, -0.15) is 0 Å². The van der Waals surface area contributed by atoms with E-state index in [1.165, 1.54) is 16.7 Å². The average molecular weight is 381 g/mol. The summed E-state index contributed by atoms with van der Waals surface area (Å²) < 4.78 is 7.24. The van der Waals surface area contributed by atoms with Gasteiger partial charge in [-0.05, 0) is 35.7 Å². The van der Waals surface area contributed by atoms with Crippen molar-refractivity contribution in [2.24, 2.45) is 0 Å². The van der Waals surface area contributed by atoms with Crippen LogP contribution in [-0.4, -0.2) is 0 Å². The molecule has 122 valence electrons. The van der Waals surface area contributed by atoms with Crippen molar-refractivity contribution < 1.29 is 4.74 Å². The summed E-state index contributed by atoms with van der Waals surface area (Å²) in [5.41, 5.74) is 3.73. The third-order valence-electron chi connectivity index (χ3n) is 4.19. The van der Waals surface area contributed by atoms with Crippen molar-refractivity contribution in [3.05, 3.63) is 100 Å². The molecule has 0 aliphatic rings. The number of hydrogen-bond donors (Lipinski definition) is 0. The van der Waals surface area contributed by atoms with Crippen molar-refractivity contribution in [1.29, 1.82) is 0 Å². The van der Waals surface area contributed by atoms with E-state index in [1.54, 1.807) is 0 Å². The van der Waals surface area contributed by atoms with E-state index in [9.17, 15) is 0 Å². The summed E-state index contributed by atoms with van der Waals surface area (Å²) in [4.78, 5) is 0. The molecule has 0 bridgehead atoms. The topological polar surface area (TPSA) is 9.23 Å². The molecule has 3 aromatic carbocycles. The van der Waals surface area contributed by atoms with Crippen molar-refractivity contribution in [3.63, 3.8) is 0 Å². The first-order valence-corrected chi connectivity index (χ1v) is 9.08. The second-order valence-corrected chi connectivity index (χ2v) is 6.74. The van der Waals surface area contributed by atoms with Crippen LogP contribution in [0.4, 0.5) is 0 Å². The molecule has 1 nitrogen and oxygen atoms in total. The molecular weight excluding hydrogens is 360 g/mol. The minimum atomic E-state index is 0.328. The summed E-state index contributed by atoms with van der Waals surface area (Å²) in [5.74, 6) is 1.28. The fourth-order valence-electron chi connectivity index (χ4n) is 2.98. The van der Waals surface area contributed by atoms with E-state index >= 15 is 0 Å². The summed E-state index contributed by atoms with van der Waals surface area (Å²) in [6.07, 6.45) is 1.03. The molecule has 0 saturated carbocycles. The Bertz CT molecular complexity index is 768. The van der Waals surface area contributed by atoms with Crippen LogP contribution in [-0.2, 0) is 6.61 Å². The highest BCUT2D eigenvalue weighted by Gasteiger charge is 2.17. The van der Waals surface area contributed by atoms with E-state index in [4.69, 9.17) is 4.74 Å². The lowest BCUT2D eigenvalue weighted by Gasteiger charge is -2.20. The summed E-state index contributed by atoms with van der Waals surface area (Å²) in [5, 5.41) is 0. The van der Waals surface area contributed by atoms with E-state index in [0.717, 1.165) is 16.6 Å². The van der Waals surface area contributed by atoms with Gasteiger partial charge >= 0.3 is 0 Å². The fourth-order valence-corrected chi connectivity index (χ4v) is 3.36. The number of halogens is 1. The van der Waals surface area contributed by atoms with Crippen LogP contribution >= 0.6 is 15.9 Å². The maximum Gasteiger partial charge on any atom is 0.123 e. The van der Waals surface area contributed by atoms with Gasteiger partial charge in [0.15, 0.2) is 0 Å². The Morgan fingerprint density at radius 2 is 1.54 bits per heavy atom. The molecule has 0 aromatic heterocycles. The Hall–Kier alpha value is -2.06. The van der Waals surface area contributed by atoms with Crippen molar-refractivity contribution >= 4 is 15.9 Å². The summed E-state index contributed by atoms with van der Waals surface area (Å²) in [7, 11) is 0. The van der Waals surface area contributed by atoms with Gasteiger partial charge in [0.1, 0.15) is 12.4 Å². The van der Waals surface area contributed by atoms with Crippen LogP contribution in [0.3, 0.4) is 0 Å². The average Bonchev–Trinajstić information content (AvgIpc) is 2.63. The number of rotatable bonds is 6. The van der Waals surface area contributed by atoms with Gasteiger partial charge in [-0.15, -0.1) is 0 Å². The van der Waals surface area contributed by atoms with E-state index in [2.05, 4.69) is 77.5 Å². The van der Waals surface area contributed by atoms with Crippen LogP contribution < -0.4 is 4.74 Å². The minimum Gasteiger partial charge on any atom is -0.489 e. The molecule has 0 aliphatic carbocycles. The van der Waals surface area contributed by atoms with Crippen LogP contribution in [0, 0.1) is 0 Å². The number of benzene rings is 3. The van der Waals surface area contributed by atoms with Crippen LogP contribution in [0.5, 0.6) is 5.75 Å². The number of hydrogen-bond acceptors (Lipinski definition) is 1. The van der Waals surface area contributed by atoms with Gasteiger partial charge in [-0.25, -0.2) is 0 Å². The predicted octanol–water partition coefficient (Wildman–Crippen LogP) is 6.57. The summed E-state index contributed by atoms with van der Waals surface area (Å²) in [6, 6.07) is 27.2. The molecule has 2 heteroatoms. The normalized spacial score (nSPS) is 11.9. The molecule has 0 saturated heterocycles. The molecule has 3 aromatic rings. The highest BCUT2D eigenvalue weighted by molar-refractivity contribution is 9.10. The van der Waals surface area contributed by atoms with E-state index < -0.39 is 0 Å². The molecule has 0 radical (unpaired) electrons. The third-order valence-corrected chi connectivity index (χ3v) is 4.69. The Morgan fingerprint density at radius 1 is 0.875 bits per heavy atom. The monoisotopic (exact) mass is 380 g/mol. The second kappa shape index (κ2) is 8.16. The molecule has 1 atom stereocenters. The quantitative estimate of drug-likeness (QED) is 0.469. The lowest BCUT2D eigenvalue weighted by Crippen LogP contribution is -2.04. The molecule has 0 fully saturated rings. The van der Waals surface area contributed by atoms with Crippen molar-refractivity contribution in [1.82, 2.24) is 0 Å². The van der Waals surface area contributed by atoms with Crippen LogP contribution in [0.25, 0.3) is 0 Å². The summed E-state index contributed by atoms with van der Waals surface area (Å²) in [6.45, 7) is 2.81. The zero-order valence-electron chi connectivity index (χ0n) is 13.8. The Balaban J connectivity index is 1.90. The van der Waals surface area contributed by atoms with Crippen LogP contribution in [0.15, 0.2) is 83.3 Å². The standard InChI is InChI=1S/C22H21BrO/c1-2-20(18-11-7-4-8-12-18)21-15-19(23)13-14-22(21)24-16-17-9-5-3-6-10-17/h3-15,20H,2,16H2,1H3.